The summed E-state index contributed by atoms with van der Waals surface area (Å²) in [5.41, 5.74) is 3.63. The number of anilines is 1. The fraction of sp³-hybridized carbons (Fsp3) is 0.200. The highest BCUT2D eigenvalue weighted by Gasteiger charge is 2.58. The van der Waals surface area contributed by atoms with E-state index in [1.807, 2.05) is 37.4 Å². The van der Waals surface area contributed by atoms with Gasteiger partial charge in [0.25, 0.3) is 5.92 Å². The van der Waals surface area contributed by atoms with Crippen LogP contribution in [0.25, 0.3) is 21.9 Å². The third-order valence-electron chi connectivity index (χ3n) is 4.61. The van der Waals surface area contributed by atoms with Crippen molar-refractivity contribution in [2.75, 3.05) is 5.32 Å². The van der Waals surface area contributed by atoms with Crippen LogP contribution in [0, 0.1) is 12.8 Å². The van der Waals surface area contributed by atoms with E-state index in [2.05, 4.69) is 27.9 Å². The standard InChI is InChI=1S/C20H17F2N3/c1-12-5-6-23-11-17(12)15-4-3-14-8-19(24-10-16(14)7-15)25-13(2)18-9-20(18,21)22/h3-8,10-11,18H,2,9H2,1H3,(H,24,25). The lowest BCUT2D eigenvalue weighted by molar-refractivity contribution is 0.106. The minimum Gasteiger partial charge on any atom is -0.344 e. The molecule has 1 aliphatic carbocycles. The third-order valence-corrected chi connectivity index (χ3v) is 4.61. The third kappa shape index (κ3) is 2.97. The molecule has 0 aliphatic heterocycles. The van der Waals surface area contributed by atoms with Crippen LogP contribution < -0.4 is 5.32 Å². The number of fused-ring (bicyclic) bond motifs is 1. The molecule has 126 valence electrons. The van der Waals surface area contributed by atoms with E-state index in [9.17, 15) is 8.78 Å². The molecule has 0 spiro atoms. The summed E-state index contributed by atoms with van der Waals surface area (Å²) < 4.78 is 26.2. The lowest BCUT2D eigenvalue weighted by Crippen LogP contribution is -2.06. The second kappa shape index (κ2) is 5.62. The molecule has 1 unspecified atom stereocenters. The first-order chi connectivity index (χ1) is 11.9. The summed E-state index contributed by atoms with van der Waals surface area (Å²) in [5, 5.41) is 4.88. The number of allylic oxidation sites excluding steroid dienone is 1. The first kappa shape index (κ1) is 15.7. The summed E-state index contributed by atoms with van der Waals surface area (Å²) in [4.78, 5) is 8.52. The zero-order valence-electron chi connectivity index (χ0n) is 13.8. The minimum absolute atomic E-state index is 0.139. The van der Waals surface area contributed by atoms with Crippen molar-refractivity contribution in [2.45, 2.75) is 19.3 Å². The highest BCUT2D eigenvalue weighted by Crippen LogP contribution is 2.52. The van der Waals surface area contributed by atoms with Gasteiger partial charge in [0, 0.05) is 41.7 Å². The fourth-order valence-corrected chi connectivity index (χ4v) is 2.99. The highest BCUT2D eigenvalue weighted by atomic mass is 19.3. The smallest absolute Gasteiger partial charge is 0.257 e. The van der Waals surface area contributed by atoms with Crippen LogP contribution in [0.1, 0.15) is 12.0 Å². The van der Waals surface area contributed by atoms with Gasteiger partial charge in [0.15, 0.2) is 0 Å². The number of nitrogens with one attached hydrogen (secondary N) is 1. The van der Waals surface area contributed by atoms with Gasteiger partial charge in [-0.3, -0.25) is 4.98 Å². The van der Waals surface area contributed by atoms with E-state index < -0.39 is 11.8 Å². The molecule has 0 radical (unpaired) electrons. The Morgan fingerprint density at radius 1 is 1.20 bits per heavy atom. The molecule has 1 saturated carbocycles. The van der Waals surface area contributed by atoms with E-state index in [-0.39, 0.29) is 6.42 Å². The van der Waals surface area contributed by atoms with E-state index in [1.165, 1.54) is 0 Å². The Hall–Kier alpha value is -2.82. The number of hydrogen-bond donors (Lipinski definition) is 1. The maximum Gasteiger partial charge on any atom is 0.257 e. The first-order valence-corrected chi connectivity index (χ1v) is 8.08. The van der Waals surface area contributed by atoms with Crippen molar-refractivity contribution in [1.29, 1.82) is 0 Å². The molecule has 1 fully saturated rings. The summed E-state index contributed by atoms with van der Waals surface area (Å²) in [6, 6.07) is 9.91. The zero-order valence-corrected chi connectivity index (χ0v) is 13.8. The number of pyridine rings is 2. The monoisotopic (exact) mass is 337 g/mol. The van der Waals surface area contributed by atoms with Crippen LogP contribution in [0.3, 0.4) is 0 Å². The molecular weight excluding hydrogens is 320 g/mol. The Bertz CT molecular complexity index is 982. The summed E-state index contributed by atoms with van der Waals surface area (Å²) in [6.07, 6.45) is 5.22. The van der Waals surface area contributed by atoms with Gasteiger partial charge < -0.3 is 5.32 Å². The maximum absolute atomic E-state index is 13.1. The summed E-state index contributed by atoms with van der Waals surface area (Å²) in [7, 11) is 0. The van der Waals surface area contributed by atoms with Crippen LogP contribution in [0.2, 0.25) is 0 Å². The normalized spacial score (nSPS) is 18.1. The van der Waals surface area contributed by atoms with Gasteiger partial charge in [-0.15, -0.1) is 0 Å². The molecule has 0 saturated heterocycles. The Labute approximate surface area is 144 Å². The molecule has 3 nitrogen and oxygen atoms in total. The van der Waals surface area contributed by atoms with Gasteiger partial charge in [0.2, 0.25) is 0 Å². The first-order valence-electron chi connectivity index (χ1n) is 8.08. The van der Waals surface area contributed by atoms with Crippen molar-refractivity contribution in [2.24, 2.45) is 5.92 Å². The van der Waals surface area contributed by atoms with Crippen molar-refractivity contribution in [3.8, 4) is 11.1 Å². The van der Waals surface area contributed by atoms with Crippen molar-refractivity contribution in [3.05, 3.63) is 66.8 Å². The van der Waals surface area contributed by atoms with E-state index in [0.29, 0.717) is 11.5 Å². The van der Waals surface area contributed by atoms with E-state index >= 15 is 0 Å². The van der Waals surface area contributed by atoms with Crippen LogP contribution in [0.5, 0.6) is 0 Å². The number of nitrogens with zero attached hydrogens (tertiary/aromatic N) is 2. The fourth-order valence-electron chi connectivity index (χ4n) is 2.99. The number of benzene rings is 1. The van der Waals surface area contributed by atoms with E-state index in [1.54, 1.807) is 12.4 Å². The summed E-state index contributed by atoms with van der Waals surface area (Å²) >= 11 is 0. The predicted molar refractivity (Wildman–Crippen MR) is 95.5 cm³/mol. The number of aryl methyl sites for hydroxylation is 1. The summed E-state index contributed by atoms with van der Waals surface area (Å²) in [5.74, 6) is -2.89. The van der Waals surface area contributed by atoms with Gasteiger partial charge in [-0.25, -0.2) is 13.8 Å². The van der Waals surface area contributed by atoms with Crippen molar-refractivity contribution < 1.29 is 8.78 Å². The number of hydrogen-bond acceptors (Lipinski definition) is 3. The Morgan fingerprint density at radius 3 is 2.72 bits per heavy atom. The van der Waals surface area contributed by atoms with E-state index in [0.717, 1.165) is 27.5 Å². The van der Waals surface area contributed by atoms with Gasteiger partial charge in [-0.1, -0.05) is 18.7 Å². The molecule has 0 amide bonds. The van der Waals surface area contributed by atoms with E-state index in [4.69, 9.17) is 0 Å². The zero-order chi connectivity index (χ0) is 17.6. The molecule has 1 aliphatic rings. The van der Waals surface area contributed by atoms with Crippen LogP contribution in [0.15, 0.2) is 61.2 Å². The Morgan fingerprint density at radius 2 is 2.00 bits per heavy atom. The molecule has 25 heavy (non-hydrogen) atoms. The second-order valence-electron chi connectivity index (χ2n) is 6.49. The number of rotatable bonds is 4. The SMILES string of the molecule is C=C(Nc1cc2ccc(-c3cnccc3C)cc2cn1)C1CC1(F)F. The molecule has 1 aromatic carbocycles. The molecule has 1 atom stereocenters. The maximum atomic E-state index is 13.1. The number of halogens is 2. The van der Waals surface area contributed by atoms with Crippen molar-refractivity contribution in [1.82, 2.24) is 9.97 Å². The average molecular weight is 337 g/mol. The van der Waals surface area contributed by atoms with Crippen LogP contribution in [-0.4, -0.2) is 15.9 Å². The summed E-state index contributed by atoms with van der Waals surface area (Å²) in [6.45, 7) is 5.76. The van der Waals surface area contributed by atoms with Crippen LogP contribution in [-0.2, 0) is 0 Å². The molecule has 5 heteroatoms. The Kier molecular flexibility index (Phi) is 3.53. The quantitative estimate of drug-likeness (QED) is 0.712. The average Bonchev–Trinajstić information content (AvgIpc) is 3.24. The van der Waals surface area contributed by atoms with Crippen molar-refractivity contribution >= 4 is 16.6 Å². The minimum atomic E-state index is -2.63. The number of alkyl halides is 2. The van der Waals surface area contributed by atoms with Crippen LogP contribution >= 0.6 is 0 Å². The molecule has 4 rings (SSSR count). The lowest BCUT2D eigenvalue weighted by atomic mass is 10.0. The highest BCUT2D eigenvalue weighted by molar-refractivity contribution is 5.88. The van der Waals surface area contributed by atoms with Gasteiger partial charge in [-0.05, 0) is 41.6 Å². The topological polar surface area (TPSA) is 37.8 Å². The molecule has 2 heterocycles. The molecule has 1 N–H and O–H groups in total. The Balaban J connectivity index is 1.61. The van der Waals surface area contributed by atoms with Crippen molar-refractivity contribution in [3.63, 3.8) is 0 Å². The largest absolute Gasteiger partial charge is 0.344 e. The molecule has 2 aromatic heterocycles. The predicted octanol–water partition coefficient (Wildman–Crippen LogP) is 5.19. The van der Waals surface area contributed by atoms with Gasteiger partial charge in [-0.2, -0.15) is 0 Å². The lowest BCUT2D eigenvalue weighted by Gasteiger charge is -2.10. The molecular formula is C20H17F2N3. The van der Waals surface area contributed by atoms with Crippen LogP contribution in [0.4, 0.5) is 14.6 Å². The molecule has 3 aromatic rings. The van der Waals surface area contributed by atoms with Gasteiger partial charge >= 0.3 is 0 Å². The second-order valence-corrected chi connectivity index (χ2v) is 6.49. The number of aromatic nitrogens is 2. The van der Waals surface area contributed by atoms with Gasteiger partial charge in [0.05, 0.1) is 5.92 Å². The molecule has 0 bridgehead atoms. The van der Waals surface area contributed by atoms with Gasteiger partial charge in [0.1, 0.15) is 5.82 Å².